The Morgan fingerprint density at radius 1 is 1.03 bits per heavy atom. The first-order valence-electron chi connectivity index (χ1n) is 11.2. The minimum atomic E-state index is -4.30. The van der Waals surface area contributed by atoms with E-state index in [4.69, 9.17) is 9.47 Å². The van der Waals surface area contributed by atoms with E-state index in [1.807, 2.05) is 39.8 Å². The highest BCUT2D eigenvalue weighted by Crippen LogP contribution is 2.34. The van der Waals surface area contributed by atoms with Crippen LogP contribution >= 0.6 is 0 Å². The van der Waals surface area contributed by atoms with Crippen molar-refractivity contribution in [3.63, 3.8) is 0 Å². The second-order valence-corrected chi connectivity index (χ2v) is 8.71. The minimum Gasteiger partial charge on any atom is -0.496 e. The van der Waals surface area contributed by atoms with Crippen LogP contribution in [0.15, 0.2) is 49.1 Å². The second kappa shape index (κ2) is 9.99. The predicted molar refractivity (Wildman–Crippen MR) is 128 cm³/mol. The third-order valence-corrected chi connectivity index (χ3v) is 5.56. The van der Waals surface area contributed by atoms with Gasteiger partial charge in [-0.05, 0) is 23.6 Å². The predicted octanol–water partition coefficient (Wildman–Crippen LogP) is 5.21. The molecule has 0 aliphatic rings. The van der Waals surface area contributed by atoms with Crippen LogP contribution in [0.1, 0.15) is 19.4 Å². The molecule has 4 aromatic rings. The third kappa shape index (κ3) is 5.59. The molecule has 0 atom stereocenters. The van der Waals surface area contributed by atoms with Gasteiger partial charge in [0, 0.05) is 37.0 Å². The quantitative estimate of drug-likeness (QED) is 0.351. The van der Waals surface area contributed by atoms with Crippen molar-refractivity contribution in [2.45, 2.75) is 33.1 Å². The lowest BCUT2D eigenvalue weighted by Crippen LogP contribution is -2.28. The van der Waals surface area contributed by atoms with Crippen LogP contribution in [0.3, 0.4) is 0 Å². The highest BCUT2D eigenvalue weighted by molar-refractivity contribution is 5.83. The maximum atomic E-state index is 12.6. The van der Waals surface area contributed by atoms with Crippen molar-refractivity contribution in [1.82, 2.24) is 24.6 Å². The van der Waals surface area contributed by atoms with E-state index in [2.05, 4.69) is 29.2 Å². The van der Waals surface area contributed by atoms with Gasteiger partial charge in [0.25, 0.3) is 0 Å². The summed E-state index contributed by atoms with van der Waals surface area (Å²) in [5, 5.41) is 6.84. The second-order valence-electron chi connectivity index (χ2n) is 8.71. The molecule has 0 aliphatic heterocycles. The average molecular weight is 488 g/mol. The van der Waals surface area contributed by atoms with Crippen LogP contribution in [0, 0.1) is 5.92 Å². The van der Waals surface area contributed by atoms with E-state index in [1.165, 1.54) is 14.2 Å². The summed E-state index contributed by atoms with van der Waals surface area (Å²) in [6, 6.07) is 9.53. The topological polar surface area (TPSA) is 66.1 Å². The first-order valence-corrected chi connectivity index (χ1v) is 11.2. The fourth-order valence-corrected chi connectivity index (χ4v) is 4.00. The molecule has 35 heavy (non-hydrogen) atoms. The summed E-state index contributed by atoms with van der Waals surface area (Å²) in [6.07, 6.45) is 1.27. The third-order valence-electron chi connectivity index (χ3n) is 5.56. The number of nitrogens with zero attached hydrogens (tertiary/aromatic N) is 4. The Bertz CT molecular complexity index is 1290. The number of ether oxygens (including phenoxy) is 2. The molecule has 4 rings (SSSR count). The number of imidazole rings is 1. The van der Waals surface area contributed by atoms with Gasteiger partial charge in [0.1, 0.15) is 17.8 Å². The van der Waals surface area contributed by atoms with Gasteiger partial charge in [-0.1, -0.05) is 19.9 Å². The Morgan fingerprint density at radius 2 is 1.74 bits per heavy atom. The van der Waals surface area contributed by atoms with E-state index in [1.54, 1.807) is 18.5 Å². The Balaban J connectivity index is 1.65. The summed E-state index contributed by atoms with van der Waals surface area (Å²) in [5.74, 6) is 1.34. The SMILES string of the molecule is COc1cc(-n2cnc3cc(-c4cnn(CC(C)C)c4)ccc32)cc(OC)c1CNCC(F)(F)F. The molecule has 0 saturated carbocycles. The van der Waals surface area contributed by atoms with E-state index < -0.39 is 12.7 Å². The standard InChI is InChI=1S/C25H28F3N5O2/c1-16(2)12-32-13-18(10-31-32)17-5-6-22-21(7-17)30-15-33(22)19-8-23(34-3)20(24(9-19)35-4)11-29-14-25(26,27)28/h5-10,13,15-16,29H,11-12,14H2,1-4H3. The van der Waals surface area contributed by atoms with E-state index in [0.717, 1.165) is 34.4 Å². The lowest BCUT2D eigenvalue weighted by Gasteiger charge is -2.17. The van der Waals surface area contributed by atoms with Gasteiger partial charge < -0.3 is 14.8 Å². The maximum Gasteiger partial charge on any atom is 0.401 e. The van der Waals surface area contributed by atoms with Crippen LogP contribution in [0.2, 0.25) is 0 Å². The fourth-order valence-electron chi connectivity index (χ4n) is 4.00. The molecule has 2 aromatic carbocycles. The van der Waals surface area contributed by atoms with Crippen molar-refractivity contribution in [1.29, 1.82) is 0 Å². The van der Waals surface area contributed by atoms with Crippen molar-refractivity contribution in [3.8, 4) is 28.3 Å². The van der Waals surface area contributed by atoms with Crippen LogP contribution in [0.5, 0.6) is 11.5 Å². The largest absolute Gasteiger partial charge is 0.496 e. The molecule has 0 amide bonds. The van der Waals surface area contributed by atoms with Crippen molar-refractivity contribution < 1.29 is 22.6 Å². The normalized spacial score (nSPS) is 12.0. The molecule has 2 aromatic heterocycles. The fraction of sp³-hybridized carbons (Fsp3) is 0.360. The summed E-state index contributed by atoms with van der Waals surface area (Å²) in [7, 11) is 2.95. The zero-order valence-electron chi connectivity index (χ0n) is 20.1. The molecule has 0 aliphatic carbocycles. The highest BCUT2D eigenvalue weighted by atomic mass is 19.4. The molecule has 0 radical (unpaired) electrons. The van der Waals surface area contributed by atoms with Gasteiger partial charge in [-0.3, -0.25) is 9.25 Å². The number of fused-ring (bicyclic) bond motifs is 1. The Hall–Kier alpha value is -3.53. The van der Waals surface area contributed by atoms with Gasteiger partial charge in [0.15, 0.2) is 0 Å². The molecule has 10 heteroatoms. The Labute approximate surface area is 201 Å². The van der Waals surface area contributed by atoms with E-state index in [9.17, 15) is 13.2 Å². The Morgan fingerprint density at radius 3 is 2.37 bits per heavy atom. The number of nitrogens with one attached hydrogen (secondary N) is 1. The van der Waals surface area contributed by atoms with Gasteiger partial charge in [-0.2, -0.15) is 18.3 Å². The number of benzene rings is 2. The molecule has 0 fully saturated rings. The molecule has 2 heterocycles. The lowest BCUT2D eigenvalue weighted by molar-refractivity contribution is -0.125. The molecule has 186 valence electrons. The van der Waals surface area contributed by atoms with Crippen molar-refractivity contribution in [3.05, 3.63) is 54.6 Å². The smallest absolute Gasteiger partial charge is 0.401 e. The number of rotatable bonds is 9. The Kier molecular flexibility index (Phi) is 7.02. The molecule has 0 spiro atoms. The molecule has 1 N–H and O–H groups in total. The van der Waals surface area contributed by atoms with E-state index >= 15 is 0 Å². The monoisotopic (exact) mass is 487 g/mol. The first kappa shape index (κ1) is 24.6. The maximum absolute atomic E-state index is 12.6. The zero-order chi connectivity index (χ0) is 25.2. The summed E-state index contributed by atoms with van der Waals surface area (Å²) >= 11 is 0. The zero-order valence-corrected chi connectivity index (χ0v) is 20.1. The lowest BCUT2D eigenvalue weighted by atomic mass is 10.1. The summed E-state index contributed by atoms with van der Waals surface area (Å²) in [5.41, 5.74) is 4.93. The van der Waals surface area contributed by atoms with Gasteiger partial charge >= 0.3 is 6.18 Å². The number of aromatic nitrogens is 4. The van der Waals surface area contributed by atoms with Crippen LogP contribution in [0.4, 0.5) is 13.2 Å². The minimum absolute atomic E-state index is 0.0509. The van der Waals surface area contributed by atoms with Crippen LogP contribution in [0.25, 0.3) is 27.8 Å². The van der Waals surface area contributed by atoms with Crippen LogP contribution in [-0.4, -0.2) is 46.3 Å². The van der Waals surface area contributed by atoms with Crippen LogP contribution in [-0.2, 0) is 13.1 Å². The van der Waals surface area contributed by atoms with Crippen molar-refractivity contribution in [2.24, 2.45) is 5.92 Å². The summed E-state index contributed by atoms with van der Waals surface area (Å²) in [6.45, 7) is 3.99. The van der Waals surface area contributed by atoms with E-state index in [-0.39, 0.29) is 6.54 Å². The number of methoxy groups -OCH3 is 2. The number of alkyl halides is 3. The van der Waals surface area contributed by atoms with Gasteiger partial charge in [-0.15, -0.1) is 0 Å². The average Bonchev–Trinajstić information content (AvgIpc) is 3.44. The van der Waals surface area contributed by atoms with Crippen LogP contribution < -0.4 is 14.8 Å². The molecule has 0 saturated heterocycles. The molecule has 0 bridgehead atoms. The number of hydrogen-bond donors (Lipinski definition) is 1. The van der Waals surface area contributed by atoms with E-state index in [0.29, 0.717) is 23.0 Å². The molecule has 7 nitrogen and oxygen atoms in total. The van der Waals surface area contributed by atoms with Gasteiger partial charge in [-0.25, -0.2) is 4.98 Å². The van der Waals surface area contributed by atoms with Crippen molar-refractivity contribution in [2.75, 3.05) is 20.8 Å². The molecular weight excluding hydrogens is 459 g/mol. The van der Waals surface area contributed by atoms with Gasteiger partial charge in [0.2, 0.25) is 0 Å². The number of hydrogen-bond acceptors (Lipinski definition) is 5. The highest BCUT2D eigenvalue weighted by Gasteiger charge is 2.27. The molecule has 0 unspecified atom stereocenters. The number of halogens is 3. The first-order chi connectivity index (χ1) is 16.7. The van der Waals surface area contributed by atoms with Crippen molar-refractivity contribution >= 4 is 11.0 Å². The molecular formula is C25H28F3N5O2. The summed E-state index contributed by atoms with van der Waals surface area (Å²) in [4.78, 5) is 4.56. The van der Waals surface area contributed by atoms with Gasteiger partial charge in [0.05, 0.1) is 49.2 Å². The summed E-state index contributed by atoms with van der Waals surface area (Å²) < 4.78 is 52.5.